The number of hydrogen-bond acceptors (Lipinski definition) is 3. The van der Waals surface area contributed by atoms with Gasteiger partial charge in [-0.1, -0.05) is 13.8 Å². The van der Waals surface area contributed by atoms with Crippen molar-refractivity contribution in [2.24, 2.45) is 7.05 Å². The average Bonchev–Trinajstić information content (AvgIpc) is 2.51. The Labute approximate surface area is 128 Å². The van der Waals surface area contributed by atoms with Gasteiger partial charge in [0.1, 0.15) is 0 Å². The molecule has 0 aromatic carbocycles. The first-order valence-corrected chi connectivity index (χ1v) is 5.13. The number of hydrogen-bond donors (Lipinski definition) is 2. The van der Waals surface area contributed by atoms with Gasteiger partial charge in [0.15, 0.2) is 0 Å². The molecule has 0 aliphatic carbocycles. The van der Waals surface area contributed by atoms with Crippen LogP contribution in [0.25, 0.3) is 5.73 Å². The first-order valence-electron chi connectivity index (χ1n) is 5.13. The molecule has 0 atom stereocenters. The van der Waals surface area contributed by atoms with Gasteiger partial charge in [-0.2, -0.15) is 5.10 Å². The summed E-state index contributed by atoms with van der Waals surface area (Å²) in [6.45, 7) is 5.83. The fourth-order valence-corrected chi connectivity index (χ4v) is 0.345. The Morgan fingerprint density at radius 3 is 1.53 bits per heavy atom. The smallest absolute Gasteiger partial charge is 0.300 e. The van der Waals surface area contributed by atoms with Crippen molar-refractivity contribution >= 4 is 11.9 Å². The second-order valence-corrected chi connectivity index (χ2v) is 3.37. The van der Waals surface area contributed by atoms with E-state index in [-0.39, 0.29) is 27.1 Å². The van der Waals surface area contributed by atoms with Crippen molar-refractivity contribution in [3.8, 4) is 0 Å². The fourth-order valence-electron chi connectivity index (χ4n) is 0.345. The molecule has 0 saturated heterocycles. The Morgan fingerprint density at radius 2 is 1.47 bits per heavy atom. The Hall–Kier alpha value is -1.20. The Morgan fingerprint density at radius 1 is 1.21 bits per heavy atom. The van der Waals surface area contributed by atoms with Crippen molar-refractivity contribution in [1.29, 1.82) is 0 Å². The number of aryl methyl sites for hydroxylation is 1. The van der Waals surface area contributed by atoms with Crippen LogP contribution < -0.4 is 0 Å². The number of carboxylic acid groups (broad SMARTS) is 2. The van der Waals surface area contributed by atoms with Gasteiger partial charge in [-0.3, -0.25) is 14.3 Å². The molecule has 0 amide bonds. The molecule has 0 unspecified atom stereocenters. The summed E-state index contributed by atoms with van der Waals surface area (Å²) in [5.41, 5.74) is 6.58. The summed E-state index contributed by atoms with van der Waals surface area (Å²) in [5, 5.41) is 18.7. The number of rotatable bonds is 0. The van der Waals surface area contributed by atoms with Crippen molar-refractivity contribution in [2.75, 3.05) is 0 Å². The van der Waals surface area contributed by atoms with Crippen molar-refractivity contribution < 1.29 is 40.9 Å². The first-order chi connectivity index (χ1) is 8.09. The Balaban J connectivity index is -0.0000000796. The summed E-state index contributed by atoms with van der Waals surface area (Å²) < 4.78 is 1.75. The normalized spacial score (nSPS) is 7.32. The molecule has 0 aliphatic heterocycles. The third-order valence-corrected chi connectivity index (χ3v) is 0.637. The van der Waals surface area contributed by atoms with Gasteiger partial charge < -0.3 is 15.9 Å². The molecular formula is C11H22N3O4Pt-. The molecule has 3 N–H and O–H groups in total. The van der Waals surface area contributed by atoms with E-state index in [4.69, 9.17) is 25.5 Å². The molecular weight excluding hydrogens is 433 g/mol. The maximum Gasteiger partial charge on any atom is 0.300 e. The van der Waals surface area contributed by atoms with Gasteiger partial charge in [0.25, 0.3) is 11.9 Å². The van der Waals surface area contributed by atoms with E-state index in [1.54, 1.807) is 10.9 Å². The van der Waals surface area contributed by atoms with Gasteiger partial charge in [0.05, 0.1) is 0 Å². The van der Waals surface area contributed by atoms with Crippen molar-refractivity contribution in [2.45, 2.75) is 33.7 Å². The maximum atomic E-state index is 9.00. The van der Waals surface area contributed by atoms with E-state index in [1.807, 2.05) is 33.2 Å². The van der Waals surface area contributed by atoms with E-state index in [9.17, 15) is 0 Å². The average molecular weight is 455 g/mol. The second kappa shape index (κ2) is 19.1. The predicted molar refractivity (Wildman–Crippen MR) is 69.3 cm³/mol. The number of nitrogens with one attached hydrogen (secondary N) is 1. The summed E-state index contributed by atoms with van der Waals surface area (Å²) in [5.74, 6) is -1.67. The van der Waals surface area contributed by atoms with E-state index in [0.717, 1.165) is 13.8 Å². The number of aromatic nitrogens is 2. The van der Waals surface area contributed by atoms with Crippen LogP contribution in [0.4, 0.5) is 0 Å². The number of carboxylic acids is 2. The van der Waals surface area contributed by atoms with Gasteiger partial charge in [0.2, 0.25) is 0 Å². The minimum absolute atomic E-state index is 0. The van der Waals surface area contributed by atoms with Crippen LogP contribution in [0, 0.1) is 0 Å². The van der Waals surface area contributed by atoms with Crippen LogP contribution in [0.15, 0.2) is 18.5 Å². The van der Waals surface area contributed by atoms with Crippen molar-refractivity contribution in [3.63, 3.8) is 0 Å². The summed E-state index contributed by atoms with van der Waals surface area (Å²) in [6, 6.07) is 1.97. The molecule has 0 fully saturated rings. The molecule has 0 spiro atoms. The van der Waals surface area contributed by atoms with Gasteiger partial charge in [-0.15, -0.1) is 6.04 Å². The summed E-state index contributed by atoms with van der Waals surface area (Å²) in [7, 11) is 1.89. The van der Waals surface area contributed by atoms with Crippen LogP contribution in [0.5, 0.6) is 0 Å². The van der Waals surface area contributed by atoms with Crippen LogP contribution in [-0.2, 0) is 37.7 Å². The van der Waals surface area contributed by atoms with Crippen molar-refractivity contribution in [3.05, 3.63) is 24.2 Å². The molecule has 19 heavy (non-hydrogen) atoms. The molecule has 0 aliphatic rings. The summed E-state index contributed by atoms with van der Waals surface area (Å²) in [6.07, 6.45) is 3.64. The number of nitrogens with zero attached hydrogens (tertiary/aromatic N) is 2. The van der Waals surface area contributed by atoms with E-state index < -0.39 is 11.9 Å². The molecule has 0 bridgehead atoms. The minimum atomic E-state index is -0.833. The topological polar surface area (TPSA) is 116 Å². The molecule has 1 heterocycles. The third-order valence-electron chi connectivity index (χ3n) is 0.637. The molecule has 0 saturated carbocycles. The van der Waals surface area contributed by atoms with Gasteiger partial charge >= 0.3 is 0 Å². The predicted octanol–water partition coefficient (Wildman–Crippen LogP) is 2.05. The maximum absolute atomic E-state index is 9.00. The van der Waals surface area contributed by atoms with Gasteiger partial charge in [-0.05, 0) is 6.07 Å². The molecule has 1 aromatic rings. The van der Waals surface area contributed by atoms with E-state index in [0.29, 0.717) is 0 Å². The Bertz CT molecular complexity index is 280. The summed E-state index contributed by atoms with van der Waals surface area (Å²) in [4.78, 5) is 18.0. The standard InChI is InChI=1S/C4H6N2.C3H8N.2C2H4O2.Pt/c1-6-4-2-3-5-6;1-3(2)4;2*1-2(3)4;/h2-4H,1H3;3-4H,1-2H3;2*1H3,(H,3,4);/q;-1;;;. The first kappa shape index (κ1) is 26.4. The third kappa shape index (κ3) is 109. The van der Waals surface area contributed by atoms with Crippen LogP contribution in [0.2, 0.25) is 0 Å². The minimum Gasteiger partial charge on any atom is -0.675 e. The zero-order valence-electron chi connectivity index (χ0n) is 11.7. The van der Waals surface area contributed by atoms with E-state index >= 15 is 0 Å². The fraction of sp³-hybridized carbons (Fsp3) is 0.545. The van der Waals surface area contributed by atoms with E-state index in [2.05, 4.69) is 5.10 Å². The largest absolute Gasteiger partial charge is 0.675 e. The second-order valence-electron chi connectivity index (χ2n) is 3.37. The molecule has 116 valence electrons. The van der Waals surface area contributed by atoms with Crippen LogP contribution >= 0.6 is 0 Å². The molecule has 8 heteroatoms. The van der Waals surface area contributed by atoms with Gasteiger partial charge in [-0.25, -0.2) is 0 Å². The zero-order valence-corrected chi connectivity index (χ0v) is 14.0. The monoisotopic (exact) mass is 455 g/mol. The molecule has 7 nitrogen and oxygen atoms in total. The quantitative estimate of drug-likeness (QED) is 0.621. The number of aliphatic carboxylic acids is 2. The van der Waals surface area contributed by atoms with Crippen LogP contribution in [0.1, 0.15) is 27.7 Å². The van der Waals surface area contributed by atoms with Crippen molar-refractivity contribution in [1.82, 2.24) is 9.78 Å². The number of carbonyl (C=O) groups is 2. The SMILES string of the molecule is CC(=O)O.CC(=O)O.CC(C)[NH-].Cn1cccn1.[Pt]. The molecule has 1 rings (SSSR count). The van der Waals surface area contributed by atoms with Crippen LogP contribution in [0.3, 0.4) is 0 Å². The van der Waals surface area contributed by atoms with Gasteiger partial charge in [0, 0.05) is 54.4 Å². The molecule has 0 radical (unpaired) electrons. The zero-order chi connectivity index (χ0) is 15.1. The Kier molecular flexibility index (Phi) is 26.6. The van der Waals surface area contributed by atoms with Crippen LogP contribution in [-0.4, -0.2) is 38.0 Å². The summed E-state index contributed by atoms with van der Waals surface area (Å²) >= 11 is 0. The van der Waals surface area contributed by atoms with E-state index in [1.165, 1.54) is 0 Å². The molecule has 1 aromatic heterocycles.